The molecule has 2 rings (SSSR count). The van der Waals surface area contributed by atoms with Gasteiger partial charge in [-0.25, -0.2) is 9.59 Å². The third-order valence-corrected chi connectivity index (χ3v) is 11.9. The summed E-state index contributed by atoms with van der Waals surface area (Å²) in [5, 5.41) is 25.2. The van der Waals surface area contributed by atoms with Crippen molar-refractivity contribution >= 4 is 65.2 Å². The van der Waals surface area contributed by atoms with Crippen LogP contribution in [0.3, 0.4) is 0 Å². The van der Waals surface area contributed by atoms with Gasteiger partial charge in [0.2, 0.25) is 35.4 Å². The van der Waals surface area contributed by atoms with E-state index >= 15 is 0 Å². The number of nitrogens with one attached hydrogen (secondary N) is 6. The van der Waals surface area contributed by atoms with Crippen LogP contribution in [-0.4, -0.2) is 152 Å². The molecular weight excluding hydrogens is 963 g/mol. The molecule has 1 aliphatic heterocycles. The smallest absolute Gasteiger partial charge is 0.328 e. The highest BCUT2D eigenvalue weighted by molar-refractivity contribution is 6.00. The summed E-state index contributed by atoms with van der Waals surface area (Å²) in [6.07, 6.45) is 3.91. The molecule has 0 spiro atoms. The Labute approximate surface area is 431 Å². The van der Waals surface area contributed by atoms with Gasteiger partial charge in [-0.3, -0.25) is 43.5 Å². The Morgan fingerprint density at radius 2 is 1.39 bits per heavy atom. The number of allylic oxidation sites excluding steroid dienone is 2. The van der Waals surface area contributed by atoms with E-state index in [0.29, 0.717) is 12.0 Å². The van der Waals surface area contributed by atoms with Gasteiger partial charge in [-0.1, -0.05) is 74.6 Å². The lowest BCUT2D eigenvalue weighted by molar-refractivity contribution is -0.146. The normalized spacial score (nSPS) is 23.5. The van der Waals surface area contributed by atoms with Crippen LogP contribution in [0.2, 0.25) is 0 Å². The topological polar surface area (TPSA) is 397 Å². The number of carbonyl (C=O) groups excluding carboxylic acids is 8. The van der Waals surface area contributed by atoms with Crippen LogP contribution in [0.1, 0.15) is 78.2 Å². The predicted octanol–water partition coefficient (Wildman–Crippen LogP) is -1.53. The first kappa shape index (κ1) is 62.3. The van der Waals surface area contributed by atoms with E-state index in [0.717, 1.165) is 17.6 Å². The van der Waals surface area contributed by atoms with Crippen molar-refractivity contribution in [2.75, 3.05) is 34.4 Å². The molecule has 0 saturated carbocycles. The Bertz CT molecular complexity index is 2260. The molecule has 1 fully saturated rings. The number of carbonyl (C=O) groups is 9. The van der Waals surface area contributed by atoms with Gasteiger partial charge < -0.3 is 74.3 Å². The number of benzene rings is 1. The minimum absolute atomic E-state index is 0.00536. The number of esters is 1. The number of methoxy groups -OCH3 is 2. The number of ether oxygens (including phenoxy) is 2. The molecule has 408 valence electrons. The number of guanidine groups is 2. The molecule has 0 bridgehead atoms. The molecule has 1 heterocycles. The molecule has 25 nitrogen and oxygen atoms in total. The molecule has 0 aliphatic carbocycles. The maximum Gasteiger partial charge on any atom is 0.328 e. The SMILES string of the molecule is C=C1C(=O)N[C@H](C)C(=O)N[C@@H](CCCN=C(N)N)C(=O)N[C@@H](C(=O)O)CC(=O)N[C@@H](CCCN=C(N)N)C(=O)N[C@@H](/C=C/C(C)=C/[C@H](C)[C@H](Cc2ccccc2)OC)[C@H](C)C(=O)N[C@@H](C(=O)OC)CCC(=O)N1C. The van der Waals surface area contributed by atoms with Gasteiger partial charge in [0.15, 0.2) is 11.9 Å². The molecule has 1 saturated heterocycles. The molecule has 1 aromatic rings. The van der Waals surface area contributed by atoms with E-state index in [1.165, 1.54) is 20.9 Å². The average Bonchev–Trinajstić information content (AvgIpc) is 3.35. The molecule has 25 heteroatoms. The number of nitrogens with two attached hydrogens (primary N) is 4. The Kier molecular flexibility index (Phi) is 26.6. The van der Waals surface area contributed by atoms with Crippen molar-refractivity contribution in [2.24, 2.45) is 44.8 Å². The number of carboxylic acids is 1. The standard InChI is InChI=1S/C49H75N13O12/c1-27(24-28(2)38(73-7)25-32-14-10-9-11-15-32)18-19-33-29(3)41(65)60-36(47(72)74-8)20-21-40(64)62(6)31(5)43(67)56-30(4)42(66)59-35(17-13-23-55-49(52)53)45(69)61-37(46(70)71)26-39(63)57-34(44(68)58-33)16-12-22-54-48(50)51/h9-11,14-15,18-19,24,28-30,33-38H,5,12-13,16-17,20-23,25-26H2,1-4,6-8H3,(H,56,67)(H,57,63)(H,58,68)(H,59,66)(H,60,65)(H,61,69)(H,70,71)(H4,50,51,54)(H4,52,53,55)/b19-18+,27-24+/t28-,29-,30+,33-,34-,35-,36+,37+,38-/m0/s1. The number of aliphatic imine (C=N–C) groups is 2. The lowest BCUT2D eigenvalue weighted by atomic mass is 9.94. The second-order valence-electron chi connectivity index (χ2n) is 17.8. The van der Waals surface area contributed by atoms with Crippen LogP contribution in [0.4, 0.5) is 0 Å². The summed E-state index contributed by atoms with van der Waals surface area (Å²) in [7, 11) is 3.93. The number of likely N-dealkylation sites (N-methyl/N-ethyl adjacent to an activating group) is 1. The Balaban J connectivity index is 2.72. The van der Waals surface area contributed by atoms with Crippen LogP contribution >= 0.6 is 0 Å². The van der Waals surface area contributed by atoms with E-state index in [1.54, 1.807) is 19.3 Å². The van der Waals surface area contributed by atoms with E-state index in [2.05, 4.69) is 48.5 Å². The molecular formula is C49H75N13O12. The van der Waals surface area contributed by atoms with Gasteiger partial charge in [-0.15, -0.1) is 0 Å². The summed E-state index contributed by atoms with van der Waals surface area (Å²) in [6.45, 7) is 10.2. The van der Waals surface area contributed by atoms with Gasteiger partial charge in [-0.05, 0) is 57.9 Å². The number of hydrogen-bond acceptors (Lipinski definition) is 13. The number of rotatable bonds is 17. The van der Waals surface area contributed by atoms with Gasteiger partial charge in [0.05, 0.1) is 31.6 Å². The Morgan fingerprint density at radius 3 is 1.95 bits per heavy atom. The number of carboxylic acid groups (broad SMARTS) is 1. The lowest BCUT2D eigenvalue weighted by Crippen LogP contribution is -2.56. The second-order valence-corrected chi connectivity index (χ2v) is 17.8. The van der Waals surface area contributed by atoms with Crippen LogP contribution < -0.4 is 54.8 Å². The summed E-state index contributed by atoms with van der Waals surface area (Å²) >= 11 is 0. The zero-order valence-electron chi connectivity index (χ0n) is 43.2. The summed E-state index contributed by atoms with van der Waals surface area (Å²) in [4.78, 5) is 130. The van der Waals surface area contributed by atoms with Gasteiger partial charge >= 0.3 is 11.9 Å². The maximum atomic E-state index is 14.4. The number of hydrogen-bond donors (Lipinski definition) is 11. The van der Waals surface area contributed by atoms with E-state index in [1.807, 2.05) is 50.3 Å². The Morgan fingerprint density at radius 1 is 0.824 bits per heavy atom. The van der Waals surface area contributed by atoms with E-state index < -0.39 is 114 Å². The first-order valence-electron chi connectivity index (χ1n) is 24.0. The van der Waals surface area contributed by atoms with Crippen LogP contribution in [0, 0.1) is 11.8 Å². The van der Waals surface area contributed by atoms with E-state index in [4.69, 9.17) is 32.4 Å². The first-order chi connectivity index (χ1) is 34.9. The van der Waals surface area contributed by atoms with Gasteiger partial charge in [0.1, 0.15) is 35.9 Å². The summed E-state index contributed by atoms with van der Waals surface area (Å²) < 4.78 is 10.8. The molecule has 9 atom stereocenters. The minimum Gasteiger partial charge on any atom is -0.480 e. The van der Waals surface area contributed by atoms with Crippen molar-refractivity contribution < 1.29 is 57.7 Å². The fourth-order valence-electron chi connectivity index (χ4n) is 7.46. The third kappa shape index (κ3) is 21.9. The fourth-order valence-corrected chi connectivity index (χ4v) is 7.46. The van der Waals surface area contributed by atoms with Crippen molar-refractivity contribution in [2.45, 2.75) is 121 Å². The van der Waals surface area contributed by atoms with E-state index in [9.17, 15) is 48.3 Å². The summed E-state index contributed by atoms with van der Waals surface area (Å²) in [5.74, 6) is -10.5. The highest BCUT2D eigenvalue weighted by Crippen LogP contribution is 2.19. The maximum absolute atomic E-state index is 14.4. The highest BCUT2D eigenvalue weighted by atomic mass is 16.5. The van der Waals surface area contributed by atoms with Crippen molar-refractivity contribution in [1.29, 1.82) is 0 Å². The van der Waals surface area contributed by atoms with Crippen molar-refractivity contribution in [3.05, 3.63) is 72.0 Å². The van der Waals surface area contributed by atoms with Crippen molar-refractivity contribution in [1.82, 2.24) is 36.8 Å². The number of nitrogens with zero attached hydrogens (tertiary/aromatic N) is 3. The lowest BCUT2D eigenvalue weighted by Gasteiger charge is -2.27. The first-order valence-corrected chi connectivity index (χ1v) is 24.0. The summed E-state index contributed by atoms with van der Waals surface area (Å²) in [6, 6.07) is 1.08. The van der Waals surface area contributed by atoms with Crippen molar-refractivity contribution in [3.63, 3.8) is 0 Å². The molecule has 1 aliphatic rings. The Hall–Kier alpha value is -7.83. The molecule has 1 aromatic carbocycles. The molecule has 0 unspecified atom stereocenters. The summed E-state index contributed by atoms with van der Waals surface area (Å²) in [5.41, 5.74) is 23.2. The van der Waals surface area contributed by atoms with Gasteiger partial charge in [0, 0.05) is 39.6 Å². The van der Waals surface area contributed by atoms with Crippen LogP contribution in [0.25, 0.3) is 0 Å². The monoisotopic (exact) mass is 1040 g/mol. The number of aliphatic carboxylic acids is 1. The number of amides is 7. The molecule has 7 amide bonds. The van der Waals surface area contributed by atoms with Crippen LogP contribution in [0.5, 0.6) is 0 Å². The quantitative estimate of drug-likeness (QED) is 0.0211. The molecule has 15 N–H and O–H groups in total. The molecule has 0 radical (unpaired) electrons. The predicted molar refractivity (Wildman–Crippen MR) is 275 cm³/mol. The van der Waals surface area contributed by atoms with Gasteiger partial charge in [0.25, 0.3) is 5.91 Å². The molecule has 74 heavy (non-hydrogen) atoms. The zero-order valence-corrected chi connectivity index (χ0v) is 43.2. The second kappa shape index (κ2) is 31.6. The fraction of sp³-hybridized carbons (Fsp3) is 0.531. The van der Waals surface area contributed by atoms with E-state index in [-0.39, 0.29) is 69.1 Å². The zero-order chi connectivity index (χ0) is 55.7. The minimum atomic E-state index is -1.90. The largest absolute Gasteiger partial charge is 0.480 e. The average molecular weight is 1040 g/mol. The van der Waals surface area contributed by atoms with Gasteiger partial charge in [-0.2, -0.15) is 0 Å². The highest BCUT2D eigenvalue weighted by Gasteiger charge is 2.34. The van der Waals surface area contributed by atoms with Crippen LogP contribution in [-0.2, 0) is 59.0 Å². The van der Waals surface area contributed by atoms with Crippen molar-refractivity contribution in [3.8, 4) is 0 Å². The van der Waals surface area contributed by atoms with Crippen LogP contribution in [0.15, 0.2) is 76.4 Å². The third-order valence-electron chi connectivity index (χ3n) is 11.9. The molecule has 0 aromatic heterocycles.